The van der Waals surface area contributed by atoms with E-state index in [4.69, 9.17) is 0 Å². The van der Waals surface area contributed by atoms with Crippen LogP contribution in [0.15, 0.2) is 51.9 Å². The van der Waals surface area contributed by atoms with Gasteiger partial charge in [-0.25, -0.2) is 0 Å². The Balaban J connectivity index is 2.18. The van der Waals surface area contributed by atoms with Crippen molar-refractivity contribution < 1.29 is 9.90 Å². The number of aromatic hydroxyl groups is 1. The summed E-state index contributed by atoms with van der Waals surface area (Å²) < 4.78 is 0.875. The fourth-order valence-corrected chi connectivity index (χ4v) is 2.10. The molecule has 0 aliphatic rings. The van der Waals surface area contributed by atoms with E-state index in [0.717, 1.165) is 15.8 Å². The predicted octanol–water partition coefficient (Wildman–Crippen LogP) is 3.89. The predicted molar refractivity (Wildman–Crippen MR) is 88.6 cm³/mol. The van der Waals surface area contributed by atoms with E-state index in [2.05, 4.69) is 20.9 Å². The monoisotopic (exact) mass is 346 g/mol. The summed E-state index contributed by atoms with van der Waals surface area (Å²) in [7, 11) is 1.72. The Labute approximate surface area is 131 Å². The molecule has 1 N–H and O–H groups in total. The van der Waals surface area contributed by atoms with Crippen LogP contribution < -0.4 is 4.90 Å². The molecule has 0 atom stereocenters. The van der Waals surface area contributed by atoms with E-state index < -0.39 is 0 Å². The zero-order valence-electron chi connectivity index (χ0n) is 11.7. The molecule has 21 heavy (non-hydrogen) atoms. The standard InChI is InChI=1S/C16H15BrN2O2/c1-11(20)19(2)15-6-4-14(5-7-15)18-10-12-9-13(17)3-8-16(12)21/h3-10,21H,1-2H3. The van der Waals surface area contributed by atoms with Gasteiger partial charge in [-0.3, -0.25) is 9.79 Å². The van der Waals surface area contributed by atoms with Crippen LogP contribution >= 0.6 is 15.9 Å². The zero-order valence-corrected chi connectivity index (χ0v) is 13.3. The lowest BCUT2D eigenvalue weighted by Crippen LogP contribution is -2.22. The zero-order chi connectivity index (χ0) is 15.4. The van der Waals surface area contributed by atoms with Gasteiger partial charge in [0.2, 0.25) is 5.91 Å². The summed E-state index contributed by atoms with van der Waals surface area (Å²) in [4.78, 5) is 17.2. The fourth-order valence-electron chi connectivity index (χ4n) is 1.72. The van der Waals surface area contributed by atoms with Crippen molar-refractivity contribution in [2.45, 2.75) is 6.92 Å². The van der Waals surface area contributed by atoms with Crippen LogP contribution in [-0.2, 0) is 4.79 Å². The summed E-state index contributed by atoms with van der Waals surface area (Å²) in [6.45, 7) is 1.52. The quantitative estimate of drug-likeness (QED) is 0.857. The van der Waals surface area contributed by atoms with Crippen LogP contribution in [0, 0.1) is 0 Å². The lowest BCUT2D eigenvalue weighted by atomic mass is 10.2. The van der Waals surface area contributed by atoms with Gasteiger partial charge in [-0.15, -0.1) is 0 Å². The number of carbonyl (C=O) groups is 1. The molecule has 0 fully saturated rings. The summed E-state index contributed by atoms with van der Waals surface area (Å²) >= 11 is 3.35. The molecular weight excluding hydrogens is 332 g/mol. The third kappa shape index (κ3) is 3.92. The Morgan fingerprint density at radius 3 is 2.52 bits per heavy atom. The van der Waals surface area contributed by atoms with Gasteiger partial charge in [0.05, 0.1) is 5.69 Å². The number of nitrogens with zero attached hydrogens (tertiary/aromatic N) is 2. The smallest absolute Gasteiger partial charge is 0.223 e. The SMILES string of the molecule is CC(=O)N(C)c1ccc(N=Cc2cc(Br)ccc2O)cc1. The first-order chi connectivity index (χ1) is 9.97. The molecule has 0 aromatic heterocycles. The molecule has 2 rings (SSSR count). The molecule has 5 heteroatoms. The van der Waals surface area contributed by atoms with Crippen LogP contribution in [0.25, 0.3) is 0 Å². The highest BCUT2D eigenvalue weighted by atomic mass is 79.9. The second kappa shape index (κ2) is 6.54. The maximum absolute atomic E-state index is 11.3. The van der Waals surface area contributed by atoms with Crippen molar-refractivity contribution in [1.82, 2.24) is 0 Å². The van der Waals surface area contributed by atoms with Crippen molar-refractivity contribution >= 4 is 39.4 Å². The van der Waals surface area contributed by atoms with Crippen molar-refractivity contribution in [2.24, 2.45) is 4.99 Å². The molecule has 4 nitrogen and oxygen atoms in total. The average Bonchev–Trinajstić information content (AvgIpc) is 2.48. The minimum Gasteiger partial charge on any atom is -0.507 e. The molecule has 0 spiro atoms. The van der Waals surface area contributed by atoms with E-state index in [1.54, 1.807) is 36.4 Å². The Hall–Kier alpha value is -2.14. The maximum atomic E-state index is 11.3. The molecule has 108 valence electrons. The molecule has 2 aromatic carbocycles. The van der Waals surface area contributed by atoms with Crippen LogP contribution in [0.1, 0.15) is 12.5 Å². The van der Waals surface area contributed by atoms with E-state index in [-0.39, 0.29) is 11.7 Å². The maximum Gasteiger partial charge on any atom is 0.223 e. The van der Waals surface area contributed by atoms with Crippen molar-refractivity contribution in [2.75, 3.05) is 11.9 Å². The van der Waals surface area contributed by atoms with Crippen LogP contribution in [0.3, 0.4) is 0 Å². The second-order valence-corrected chi connectivity index (χ2v) is 5.47. The van der Waals surface area contributed by atoms with Crippen LogP contribution in [0.2, 0.25) is 0 Å². The lowest BCUT2D eigenvalue weighted by molar-refractivity contribution is -0.116. The second-order valence-electron chi connectivity index (χ2n) is 4.56. The summed E-state index contributed by atoms with van der Waals surface area (Å²) in [6.07, 6.45) is 1.60. The fraction of sp³-hybridized carbons (Fsp3) is 0.125. The van der Waals surface area contributed by atoms with Gasteiger partial charge in [0.25, 0.3) is 0 Å². The minimum absolute atomic E-state index is 0.0229. The molecule has 0 bridgehead atoms. The molecule has 0 aliphatic heterocycles. The molecule has 0 unspecified atom stereocenters. The first kappa shape index (κ1) is 15.3. The molecule has 2 aromatic rings. The number of rotatable bonds is 3. The summed E-state index contributed by atoms with van der Waals surface area (Å²) in [5.74, 6) is 0.153. The van der Waals surface area contributed by atoms with Crippen LogP contribution in [0.5, 0.6) is 5.75 Å². The highest BCUT2D eigenvalue weighted by Crippen LogP contribution is 2.22. The Kier molecular flexibility index (Phi) is 4.75. The van der Waals surface area contributed by atoms with Crippen molar-refractivity contribution in [3.63, 3.8) is 0 Å². The Bertz CT molecular complexity index is 681. The Morgan fingerprint density at radius 2 is 1.90 bits per heavy atom. The normalized spacial score (nSPS) is 10.8. The third-order valence-corrected chi connectivity index (χ3v) is 3.54. The van der Waals surface area contributed by atoms with Crippen LogP contribution in [-0.4, -0.2) is 24.3 Å². The summed E-state index contributed by atoms with van der Waals surface area (Å²) in [6, 6.07) is 12.5. The molecular formula is C16H15BrN2O2. The van der Waals surface area contributed by atoms with Crippen LogP contribution in [0.4, 0.5) is 11.4 Å². The summed E-state index contributed by atoms with van der Waals surface area (Å²) in [5.41, 5.74) is 2.19. The van der Waals surface area contributed by atoms with E-state index in [0.29, 0.717) is 5.56 Å². The van der Waals surface area contributed by atoms with Gasteiger partial charge in [-0.2, -0.15) is 0 Å². The number of phenolic OH excluding ortho intramolecular Hbond substituents is 1. The molecule has 0 saturated carbocycles. The molecule has 0 aliphatic carbocycles. The van der Waals surface area contributed by atoms with Crippen molar-refractivity contribution in [3.05, 3.63) is 52.5 Å². The number of halogens is 1. The van der Waals surface area contributed by atoms with Gasteiger partial charge >= 0.3 is 0 Å². The summed E-state index contributed by atoms with van der Waals surface area (Å²) in [5, 5.41) is 9.73. The van der Waals surface area contributed by atoms with Gasteiger partial charge < -0.3 is 10.0 Å². The number of hydrogen-bond acceptors (Lipinski definition) is 3. The van der Waals surface area contributed by atoms with E-state index >= 15 is 0 Å². The number of hydrogen-bond donors (Lipinski definition) is 1. The highest BCUT2D eigenvalue weighted by molar-refractivity contribution is 9.10. The topological polar surface area (TPSA) is 52.9 Å². The van der Waals surface area contributed by atoms with Crippen molar-refractivity contribution in [1.29, 1.82) is 0 Å². The van der Waals surface area contributed by atoms with E-state index in [9.17, 15) is 9.90 Å². The first-order valence-electron chi connectivity index (χ1n) is 6.34. The van der Waals surface area contributed by atoms with Gasteiger partial charge in [0, 0.05) is 35.9 Å². The van der Waals surface area contributed by atoms with E-state index in [1.807, 2.05) is 24.3 Å². The van der Waals surface area contributed by atoms with Gasteiger partial charge in [-0.05, 0) is 42.5 Å². The first-order valence-corrected chi connectivity index (χ1v) is 7.13. The number of benzene rings is 2. The number of aliphatic imine (C=N–C) groups is 1. The number of carbonyl (C=O) groups excluding carboxylic acids is 1. The van der Waals surface area contributed by atoms with E-state index in [1.165, 1.54) is 6.92 Å². The molecule has 0 heterocycles. The minimum atomic E-state index is -0.0229. The number of anilines is 1. The van der Waals surface area contributed by atoms with Gasteiger partial charge in [0.1, 0.15) is 5.75 Å². The Morgan fingerprint density at radius 1 is 1.24 bits per heavy atom. The number of amides is 1. The molecule has 0 saturated heterocycles. The van der Waals surface area contributed by atoms with Gasteiger partial charge in [-0.1, -0.05) is 15.9 Å². The van der Waals surface area contributed by atoms with Gasteiger partial charge in [0.15, 0.2) is 0 Å². The molecule has 0 radical (unpaired) electrons. The van der Waals surface area contributed by atoms with Crippen molar-refractivity contribution in [3.8, 4) is 5.75 Å². The highest BCUT2D eigenvalue weighted by Gasteiger charge is 2.04. The largest absolute Gasteiger partial charge is 0.507 e. The lowest BCUT2D eigenvalue weighted by Gasteiger charge is -2.14. The average molecular weight is 347 g/mol. The third-order valence-electron chi connectivity index (χ3n) is 3.05. The molecule has 1 amide bonds. The number of phenols is 1.